The lowest BCUT2D eigenvalue weighted by atomic mass is 10.1. The highest BCUT2D eigenvalue weighted by Gasteiger charge is 2.20. The van der Waals surface area contributed by atoms with Crippen LogP contribution < -0.4 is 15.8 Å². The number of ether oxygens (including phenoxy) is 1. The van der Waals surface area contributed by atoms with Gasteiger partial charge in [0.05, 0.1) is 19.3 Å². The molecule has 98 valence electrons. The Morgan fingerprint density at radius 2 is 2.17 bits per heavy atom. The zero-order valence-corrected chi connectivity index (χ0v) is 9.71. The third-order valence-corrected chi connectivity index (χ3v) is 2.29. The van der Waals surface area contributed by atoms with Gasteiger partial charge in [0.25, 0.3) is 5.91 Å². The van der Waals surface area contributed by atoms with Gasteiger partial charge in [-0.3, -0.25) is 4.79 Å². The fraction of sp³-hybridized carbons (Fsp3) is 0.273. The van der Waals surface area contributed by atoms with Crippen molar-refractivity contribution in [3.8, 4) is 5.75 Å². The van der Waals surface area contributed by atoms with E-state index in [-0.39, 0.29) is 11.3 Å². The van der Waals surface area contributed by atoms with Crippen molar-refractivity contribution >= 4 is 17.6 Å². The van der Waals surface area contributed by atoms with Crippen molar-refractivity contribution in [3.63, 3.8) is 0 Å². The normalized spacial score (nSPS) is 11.7. The first-order valence-electron chi connectivity index (χ1n) is 5.07. The van der Waals surface area contributed by atoms with E-state index in [2.05, 4.69) is 5.32 Å². The summed E-state index contributed by atoms with van der Waals surface area (Å²) in [5.41, 5.74) is 5.92. The SMILES string of the molecule is COc1ccc(C(=O)N[C@H](CO)C(=O)O)c(N)c1. The zero-order chi connectivity index (χ0) is 13.7. The number of aliphatic hydroxyl groups is 1. The molecule has 5 N–H and O–H groups in total. The minimum absolute atomic E-state index is 0.121. The first-order chi connectivity index (χ1) is 8.49. The summed E-state index contributed by atoms with van der Waals surface area (Å²) >= 11 is 0. The van der Waals surface area contributed by atoms with Crippen LogP contribution in [0.3, 0.4) is 0 Å². The lowest BCUT2D eigenvalue weighted by Crippen LogP contribution is -2.43. The minimum atomic E-state index is -1.36. The fourth-order valence-electron chi connectivity index (χ4n) is 1.30. The van der Waals surface area contributed by atoms with Crippen LogP contribution in [0, 0.1) is 0 Å². The highest BCUT2D eigenvalue weighted by atomic mass is 16.5. The van der Waals surface area contributed by atoms with Crippen LogP contribution in [0.5, 0.6) is 5.75 Å². The number of aliphatic hydroxyl groups excluding tert-OH is 1. The van der Waals surface area contributed by atoms with Gasteiger partial charge in [-0.2, -0.15) is 0 Å². The number of amides is 1. The maximum atomic E-state index is 11.7. The number of methoxy groups -OCH3 is 1. The summed E-state index contributed by atoms with van der Waals surface area (Å²) in [6, 6.07) is 3.03. The number of nitrogens with one attached hydrogen (secondary N) is 1. The first-order valence-corrected chi connectivity index (χ1v) is 5.07. The maximum Gasteiger partial charge on any atom is 0.328 e. The number of hydrogen-bond donors (Lipinski definition) is 4. The van der Waals surface area contributed by atoms with Crippen molar-refractivity contribution in [3.05, 3.63) is 23.8 Å². The largest absolute Gasteiger partial charge is 0.497 e. The molecule has 0 aromatic heterocycles. The number of hydrogen-bond acceptors (Lipinski definition) is 5. The molecule has 0 bridgehead atoms. The number of aliphatic carboxylic acids is 1. The molecule has 0 spiro atoms. The van der Waals surface area contributed by atoms with E-state index in [9.17, 15) is 9.59 Å². The second kappa shape index (κ2) is 5.87. The zero-order valence-electron chi connectivity index (χ0n) is 9.71. The second-order valence-electron chi connectivity index (χ2n) is 3.50. The molecule has 0 aliphatic heterocycles. The van der Waals surface area contributed by atoms with E-state index in [0.717, 1.165) is 0 Å². The van der Waals surface area contributed by atoms with Gasteiger partial charge in [0.15, 0.2) is 6.04 Å². The number of carboxylic acid groups (broad SMARTS) is 1. The summed E-state index contributed by atoms with van der Waals surface area (Å²) in [4.78, 5) is 22.4. The van der Waals surface area contributed by atoms with Crippen LogP contribution in [0.25, 0.3) is 0 Å². The van der Waals surface area contributed by atoms with Crippen LogP contribution in [-0.4, -0.2) is 41.8 Å². The molecule has 1 aromatic carbocycles. The van der Waals surface area contributed by atoms with Crippen molar-refractivity contribution in [1.82, 2.24) is 5.32 Å². The van der Waals surface area contributed by atoms with E-state index in [4.69, 9.17) is 20.7 Å². The summed E-state index contributed by atoms with van der Waals surface area (Å²) in [6.07, 6.45) is 0. The van der Waals surface area contributed by atoms with Gasteiger partial charge < -0.3 is 26.0 Å². The standard InChI is InChI=1S/C11H14N2O5/c1-18-6-2-3-7(8(12)4-6)10(15)13-9(5-14)11(16)17/h2-4,9,14H,5,12H2,1H3,(H,13,15)(H,16,17)/t9-/m1/s1. The number of nitrogen functional groups attached to an aromatic ring is 1. The Kier molecular flexibility index (Phi) is 4.50. The van der Waals surface area contributed by atoms with E-state index >= 15 is 0 Å². The Balaban J connectivity index is 2.87. The van der Waals surface area contributed by atoms with E-state index in [1.54, 1.807) is 0 Å². The summed E-state index contributed by atoms with van der Waals surface area (Å²) in [5.74, 6) is -1.50. The summed E-state index contributed by atoms with van der Waals surface area (Å²) in [6.45, 7) is -0.697. The predicted octanol–water partition coefficient (Wildman–Crippen LogP) is -0.547. The van der Waals surface area contributed by atoms with Gasteiger partial charge in [0.2, 0.25) is 0 Å². The van der Waals surface area contributed by atoms with Crippen molar-refractivity contribution in [2.75, 3.05) is 19.5 Å². The maximum absolute atomic E-state index is 11.7. The van der Waals surface area contributed by atoms with Gasteiger partial charge >= 0.3 is 5.97 Å². The van der Waals surface area contributed by atoms with Crippen LogP contribution in [0.4, 0.5) is 5.69 Å². The van der Waals surface area contributed by atoms with Crippen molar-refractivity contribution < 1.29 is 24.5 Å². The highest BCUT2D eigenvalue weighted by molar-refractivity contribution is 6.01. The Labute approximate surface area is 103 Å². The molecule has 18 heavy (non-hydrogen) atoms. The smallest absolute Gasteiger partial charge is 0.328 e. The number of rotatable bonds is 5. The van der Waals surface area contributed by atoms with Gasteiger partial charge in [-0.25, -0.2) is 4.79 Å². The molecule has 1 rings (SSSR count). The quantitative estimate of drug-likeness (QED) is 0.523. The molecule has 0 aliphatic carbocycles. The minimum Gasteiger partial charge on any atom is -0.497 e. The molecular formula is C11H14N2O5. The van der Waals surface area contributed by atoms with Gasteiger partial charge in [-0.05, 0) is 12.1 Å². The lowest BCUT2D eigenvalue weighted by molar-refractivity contribution is -0.140. The Morgan fingerprint density at radius 1 is 1.50 bits per heavy atom. The van der Waals surface area contributed by atoms with E-state index in [1.807, 2.05) is 0 Å². The van der Waals surface area contributed by atoms with Gasteiger partial charge in [0.1, 0.15) is 5.75 Å². The molecule has 1 amide bonds. The van der Waals surface area contributed by atoms with E-state index in [0.29, 0.717) is 5.75 Å². The molecular weight excluding hydrogens is 240 g/mol. The van der Waals surface area contributed by atoms with E-state index in [1.165, 1.54) is 25.3 Å². The predicted molar refractivity (Wildman–Crippen MR) is 63.4 cm³/mol. The van der Waals surface area contributed by atoms with Gasteiger partial charge in [-0.1, -0.05) is 0 Å². The van der Waals surface area contributed by atoms with Gasteiger partial charge in [-0.15, -0.1) is 0 Å². The van der Waals surface area contributed by atoms with Crippen LogP contribution in [0.2, 0.25) is 0 Å². The number of benzene rings is 1. The Bertz CT molecular complexity index is 461. The lowest BCUT2D eigenvalue weighted by Gasteiger charge is -2.13. The molecule has 7 heteroatoms. The van der Waals surface area contributed by atoms with E-state index < -0.39 is 24.5 Å². The summed E-state index contributed by atoms with van der Waals surface area (Å²) < 4.78 is 4.92. The fourth-order valence-corrected chi connectivity index (χ4v) is 1.30. The molecule has 0 unspecified atom stereocenters. The molecule has 7 nitrogen and oxygen atoms in total. The molecule has 0 heterocycles. The average Bonchev–Trinajstić information content (AvgIpc) is 2.34. The monoisotopic (exact) mass is 254 g/mol. The van der Waals surface area contributed by atoms with Gasteiger partial charge in [0, 0.05) is 11.8 Å². The summed E-state index contributed by atoms with van der Waals surface area (Å²) in [7, 11) is 1.46. The average molecular weight is 254 g/mol. The van der Waals surface area contributed by atoms with Crippen molar-refractivity contribution in [2.45, 2.75) is 6.04 Å². The number of carbonyl (C=O) groups is 2. The highest BCUT2D eigenvalue weighted by Crippen LogP contribution is 2.19. The van der Waals surface area contributed by atoms with Crippen LogP contribution >= 0.6 is 0 Å². The molecule has 0 radical (unpaired) electrons. The molecule has 1 atom stereocenters. The molecule has 0 saturated carbocycles. The number of carbonyl (C=O) groups excluding carboxylic acids is 1. The second-order valence-corrected chi connectivity index (χ2v) is 3.50. The summed E-state index contributed by atoms with van der Waals surface area (Å²) in [5, 5.41) is 19.6. The third kappa shape index (κ3) is 3.11. The molecule has 0 fully saturated rings. The Hall–Kier alpha value is -2.28. The van der Waals surface area contributed by atoms with Crippen LogP contribution in [-0.2, 0) is 4.79 Å². The first kappa shape index (κ1) is 13.8. The number of anilines is 1. The third-order valence-electron chi connectivity index (χ3n) is 2.29. The Morgan fingerprint density at radius 3 is 2.61 bits per heavy atom. The number of nitrogens with two attached hydrogens (primary N) is 1. The topological polar surface area (TPSA) is 122 Å². The molecule has 0 aliphatic rings. The molecule has 1 aromatic rings. The van der Waals surface area contributed by atoms with Crippen molar-refractivity contribution in [2.24, 2.45) is 0 Å². The molecule has 0 saturated heterocycles. The van der Waals surface area contributed by atoms with Crippen LogP contribution in [0.15, 0.2) is 18.2 Å². The van der Waals surface area contributed by atoms with Crippen LogP contribution in [0.1, 0.15) is 10.4 Å². The van der Waals surface area contributed by atoms with Crippen molar-refractivity contribution in [1.29, 1.82) is 0 Å². The number of carboxylic acids is 1.